The van der Waals surface area contributed by atoms with Crippen LogP contribution in [0.15, 0.2) is 33.5 Å². The van der Waals surface area contributed by atoms with Gasteiger partial charge in [0.25, 0.3) is 5.91 Å². The Bertz CT molecular complexity index is 613. The van der Waals surface area contributed by atoms with Crippen LogP contribution in [-0.2, 0) is 6.42 Å². The smallest absolute Gasteiger partial charge is 0.284 e. The molecule has 0 saturated heterocycles. The van der Waals surface area contributed by atoms with E-state index >= 15 is 0 Å². The molecule has 0 radical (unpaired) electrons. The van der Waals surface area contributed by atoms with Crippen molar-refractivity contribution in [1.82, 2.24) is 0 Å². The number of carbonyl (C=O) groups is 1. The van der Waals surface area contributed by atoms with Crippen molar-refractivity contribution >= 4 is 16.9 Å². The van der Waals surface area contributed by atoms with Gasteiger partial charge in [0.15, 0.2) is 11.2 Å². The van der Waals surface area contributed by atoms with Crippen LogP contribution in [0.1, 0.15) is 23.0 Å². The topological polar surface area (TPSA) is 73.3 Å². The molecule has 2 aromatic rings. The molecule has 0 fully saturated rings. The summed E-state index contributed by atoms with van der Waals surface area (Å²) >= 11 is 0. The Labute approximate surface area is 91.7 Å². The molecule has 0 atom stereocenters. The number of primary amides is 1. The quantitative estimate of drug-likeness (QED) is 0.827. The van der Waals surface area contributed by atoms with E-state index in [-0.39, 0.29) is 11.2 Å². The first kappa shape index (κ1) is 10.4. The van der Waals surface area contributed by atoms with Crippen LogP contribution >= 0.6 is 0 Å². The van der Waals surface area contributed by atoms with Crippen molar-refractivity contribution in [2.45, 2.75) is 13.3 Å². The molecule has 1 aromatic carbocycles. The fraction of sp³-hybridized carbons (Fsp3) is 0.167. The molecule has 4 nitrogen and oxygen atoms in total. The third kappa shape index (κ3) is 1.58. The zero-order chi connectivity index (χ0) is 11.7. The lowest BCUT2D eigenvalue weighted by Gasteiger charge is -2.03. The lowest BCUT2D eigenvalue weighted by Crippen LogP contribution is -2.14. The van der Waals surface area contributed by atoms with Gasteiger partial charge in [0.2, 0.25) is 0 Å². The summed E-state index contributed by atoms with van der Waals surface area (Å²) in [6.45, 7) is 1.95. The van der Waals surface area contributed by atoms with Gasteiger partial charge in [0, 0.05) is 6.07 Å². The fourth-order valence-corrected chi connectivity index (χ4v) is 1.64. The highest BCUT2D eigenvalue weighted by molar-refractivity contribution is 5.92. The van der Waals surface area contributed by atoms with Crippen LogP contribution in [0.25, 0.3) is 11.0 Å². The minimum Gasteiger partial charge on any atom is -0.450 e. The van der Waals surface area contributed by atoms with Crippen LogP contribution < -0.4 is 11.2 Å². The number of amides is 1. The Hall–Kier alpha value is -2.10. The van der Waals surface area contributed by atoms with Crippen molar-refractivity contribution in [2.75, 3.05) is 0 Å². The summed E-state index contributed by atoms with van der Waals surface area (Å²) < 4.78 is 5.35. The molecule has 0 saturated carbocycles. The summed E-state index contributed by atoms with van der Waals surface area (Å²) in [6, 6.07) is 6.45. The number of nitrogens with two attached hydrogens (primary N) is 1. The lowest BCUT2D eigenvalue weighted by atomic mass is 10.1. The minimum atomic E-state index is -0.732. The highest BCUT2D eigenvalue weighted by Gasteiger charge is 2.10. The molecule has 1 heterocycles. The molecule has 4 heteroatoms. The molecular formula is C12H11NO3. The largest absolute Gasteiger partial charge is 0.450 e. The SMILES string of the molecule is CCc1cccc2c(=O)cc(C(N)=O)oc12. The molecule has 2 rings (SSSR count). The lowest BCUT2D eigenvalue weighted by molar-refractivity contribution is 0.0974. The van der Waals surface area contributed by atoms with Gasteiger partial charge >= 0.3 is 0 Å². The molecular weight excluding hydrogens is 206 g/mol. The number of aryl methyl sites for hydroxylation is 1. The third-order valence-corrected chi connectivity index (χ3v) is 2.46. The van der Waals surface area contributed by atoms with Crippen LogP contribution in [0.5, 0.6) is 0 Å². The molecule has 1 aromatic heterocycles. The highest BCUT2D eigenvalue weighted by atomic mass is 16.3. The maximum Gasteiger partial charge on any atom is 0.284 e. The standard InChI is InChI=1S/C12H11NO3/c1-2-7-4-3-5-8-9(14)6-10(12(13)15)16-11(7)8/h3-6H,2H2,1H3,(H2,13,15). The molecule has 0 aliphatic rings. The Morgan fingerprint density at radius 3 is 2.81 bits per heavy atom. The molecule has 0 unspecified atom stereocenters. The van der Waals surface area contributed by atoms with Crippen molar-refractivity contribution in [1.29, 1.82) is 0 Å². The van der Waals surface area contributed by atoms with Gasteiger partial charge < -0.3 is 10.2 Å². The van der Waals surface area contributed by atoms with E-state index < -0.39 is 5.91 Å². The van der Waals surface area contributed by atoms with Crippen LogP contribution in [0, 0.1) is 0 Å². The normalized spacial score (nSPS) is 10.6. The van der Waals surface area contributed by atoms with Gasteiger partial charge in [-0.05, 0) is 18.1 Å². The van der Waals surface area contributed by atoms with Crippen molar-refractivity contribution in [3.8, 4) is 0 Å². The van der Waals surface area contributed by atoms with Gasteiger partial charge in [-0.25, -0.2) is 0 Å². The van der Waals surface area contributed by atoms with Crippen molar-refractivity contribution < 1.29 is 9.21 Å². The predicted molar refractivity (Wildman–Crippen MR) is 60.4 cm³/mol. The molecule has 2 N–H and O–H groups in total. The fourth-order valence-electron chi connectivity index (χ4n) is 1.64. The predicted octanol–water partition coefficient (Wildman–Crippen LogP) is 1.45. The average molecular weight is 217 g/mol. The number of carbonyl (C=O) groups excluding carboxylic acids is 1. The second-order valence-corrected chi connectivity index (χ2v) is 3.49. The van der Waals surface area contributed by atoms with Crippen molar-refractivity contribution in [2.24, 2.45) is 5.73 Å². The van der Waals surface area contributed by atoms with Crippen molar-refractivity contribution in [3.05, 3.63) is 45.8 Å². The molecule has 0 bridgehead atoms. The van der Waals surface area contributed by atoms with E-state index in [4.69, 9.17) is 10.2 Å². The first-order chi connectivity index (χ1) is 7.63. The van der Waals surface area contributed by atoms with Gasteiger partial charge in [-0.15, -0.1) is 0 Å². The van der Waals surface area contributed by atoms with Gasteiger partial charge in [-0.1, -0.05) is 19.1 Å². The first-order valence-corrected chi connectivity index (χ1v) is 4.99. The zero-order valence-corrected chi connectivity index (χ0v) is 8.82. The molecule has 0 aliphatic carbocycles. The monoisotopic (exact) mass is 217 g/mol. The van der Waals surface area contributed by atoms with E-state index in [2.05, 4.69) is 0 Å². The summed E-state index contributed by atoms with van der Waals surface area (Å²) in [5, 5.41) is 0.476. The Balaban J connectivity index is 2.88. The third-order valence-electron chi connectivity index (χ3n) is 2.46. The number of benzene rings is 1. The van der Waals surface area contributed by atoms with Crippen LogP contribution in [-0.4, -0.2) is 5.91 Å². The van der Waals surface area contributed by atoms with Crippen LogP contribution in [0.4, 0.5) is 0 Å². The first-order valence-electron chi connectivity index (χ1n) is 4.99. The summed E-state index contributed by atoms with van der Waals surface area (Å²) in [6.07, 6.45) is 0.725. The average Bonchev–Trinajstić information content (AvgIpc) is 2.28. The molecule has 0 spiro atoms. The molecule has 1 amide bonds. The number of hydrogen-bond acceptors (Lipinski definition) is 3. The summed E-state index contributed by atoms with van der Waals surface area (Å²) in [5.74, 6) is -0.830. The van der Waals surface area contributed by atoms with E-state index in [1.165, 1.54) is 0 Å². The number of hydrogen-bond donors (Lipinski definition) is 1. The zero-order valence-electron chi connectivity index (χ0n) is 8.82. The van der Waals surface area contributed by atoms with E-state index in [0.717, 1.165) is 18.1 Å². The Kier molecular flexibility index (Phi) is 2.48. The van der Waals surface area contributed by atoms with E-state index in [9.17, 15) is 9.59 Å². The summed E-state index contributed by atoms with van der Waals surface area (Å²) in [7, 11) is 0. The second-order valence-electron chi connectivity index (χ2n) is 3.49. The Morgan fingerprint density at radius 1 is 1.44 bits per heavy atom. The number of fused-ring (bicyclic) bond motifs is 1. The number of para-hydroxylation sites is 1. The maximum atomic E-state index is 11.7. The van der Waals surface area contributed by atoms with E-state index in [1.54, 1.807) is 12.1 Å². The van der Waals surface area contributed by atoms with Gasteiger partial charge in [-0.3, -0.25) is 9.59 Å². The van der Waals surface area contributed by atoms with E-state index in [0.29, 0.717) is 11.0 Å². The molecule has 16 heavy (non-hydrogen) atoms. The summed E-state index contributed by atoms with van der Waals surface area (Å²) in [5.41, 5.74) is 6.19. The number of rotatable bonds is 2. The van der Waals surface area contributed by atoms with Crippen LogP contribution in [0.2, 0.25) is 0 Å². The second kappa shape index (κ2) is 3.81. The van der Waals surface area contributed by atoms with Gasteiger partial charge in [0.05, 0.1) is 5.39 Å². The maximum absolute atomic E-state index is 11.7. The highest BCUT2D eigenvalue weighted by Crippen LogP contribution is 2.17. The molecule has 0 aliphatic heterocycles. The van der Waals surface area contributed by atoms with E-state index in [1.807, 2.05) is 13.0 Å². The minimum absolute atomic E-state index is 0.0987. The van der Waals surface area contributed by atoms with Gasteiger partial charge in [-0.2, -0.15) is 0 Å². The van der Waals surface area contributed by atoms with Gasteiger partial charge in [0.1, 0.15) is 5.58 Å². The summed E-state index contributed by atoms with van der Waals surface area (Å²) in [4.78, 5) is 22.7. The van der Waals surface area contributed by atoms with Crippen molar-refractivity contribution in [3.63, 3.8) is 0 Å². The molecule has 82 valence electrons. The Morgan fingerprint density at radius 2 is 2.19 bits per heavy atom. The van der Waals surface area contributed by atoms with Crippen LogP contribution in [0.3, 0.4) is 0 Å².